The third-order valence-corrected chi connectivity index (χ3v) is 7.03. The SMILES string of the molecule is O=C(c1ccc2c(c1)S(=O)(=O)Nc1ncnn1-2)N1CCCC(Cc2ccccc2)C1. The summed E-state index contributed by atoms with van der Waals surface area (Å²) in [5.74, 6) is 0.391. The van der Waals surface area contributed by atoms with Gasteiger partial charge >= 0.3 is 0 Å². The van der Waals surface area contributed by atoms with E-state index in [4.69, 9.17) is 0 Å². The van der Waals surface area contributed by atoms with Crippen LogP contribution in [0.2, 0.25) is 0 Å². The van der Waals surface area contributed by atoms with Gasteiger partial charge < -0.3 is 4.90 Å². The van der Waals surface area contributed by atoms with Crippen LogP contribution in [0, 0.1) is 5.92 Å². The Morgan fingerprint density at radius 3 is 2.83 bits per heavy atom. The summed E-state index contributed by atoms with van der Waals surface area (Å²) in [6, 6.07) is 15.0. The number of carbonyl (C=O) groups excluding carboxylic acids is 1. The largest absolute Gasteiger partial charge is 0.338 e. The molecular weight excluding hydrogens is 402 g/mol. The van der Waals surface area contributed by atoms with Gasteiger partial charge in [0, 0.05) is 18.7 Å². The number of aromatic nitrogens is 3. The Bertz CT molecular complexity index is 1210. The molecule has 9 heteroatoms. The number of rotatable bonds is 3. The van der Waals surface area contributed by atoms with Crippen molar-refractivity contribution in [3.05, 3.63) is 66.0 Å². The average molecular weight is 423 g/mol. The van der Waals surface area contributed by atoms with Gasteiger partial charge in [-0.2, -0.15) is 14.8 Å². The number of sulfonamides is 1. The topological polar surface area (TPSA) is 97.2 Å². The minimum atomic E-state index is -3.81. The lowest BCUT2D eigenvalue weighted by atomic mass is 9.91. The molecule has 0 aliphatic carbocycles. The summed E-state index contributed by atoms with van der Waals surface area (Å²) in [6.45, 7) is 1.35. The van der Waals surface area contributed by atoms with Crippen LogP contribution in [0.15, 0.2) is 59.8 Å². The van der Waals surface area contributed by atoms with Crippen LogP contribution in [-0.4, -0.2) is 47.1 Å². The van der Waals surface area contributed by atoms with Gasteiger partial charge in [0.15, 0.2) is 0 Å². The normalized spacial score (nSPS) is 19.5. The predicted molar refractivity (Wildman–Crippen MR) is 111 cm³/mol. The molecule has 1 unspecified atom stereocenters. The van der Waals surface area contributed by atoms with Crippen LogP contribution in [0.1, 0.15) is 28.8 Å². The number of nitrogens with zero attached hydrogens (tertiary/aromatic N) is 4. The number of nitrogens with one attached hydrogen (secondary N) is 1. The second-order valence-electron chi connectivity index (χ2n) is 7.73. The fourth-order valence-electron chi connectivity index (χ4n) is 4.25. The number of fused-ring (bicyclic) bond motifs is 3. The molecule has 3 heterocycles. The van der Waals surface area contributed by atoms with Crippen molar-refractivity contribution in [2.45, 2.75) is 24.2 Å². The van der Waals surface area contributed by atoms with Gasteiger partial charge in [0.05, 0.1) is 5.69 Å². The fourth-order valence-corrected chi connectivity index (χ4v) is 5.45. The number of hydrogen-bond donors (Lipinski definition) is 1. The first-order chi connectivity index (χ1) is 14.5. The van der Waals surface area contributed by atoms with Gasteiger partial charge in [-0.25, -0.2) is 13.1 Å². The molecule has 1 N–H and O–H groups in total. The number of benzene rings is 2. The molecule has 0 saturated carbocycles. The Morgan fingerprint density at radius 2 is 2.00 bits per heavy atom. The Hall–Kier alpha value is -3.20. The number of piperidine rings is 1. The van der Waals surface area contributed by atoms with Gasteiger partial charge in [0.25, 0.3) is 15.9 Å². The molecule has 5 rings (SSSR count). The summed E-state index contributed by atoms with van der Waals surface area (Å²) in [5, 5.41) is 4.06. The molecule has 0 bridgehead atoms. The minimum Gasteiger partial charge on any atom is -0.338 e. The summed E-state index contributed by atoms with van der Waals surface area (Å²) in [5.41, 5.74) is 2.02. The van der Waals surface area contributed by atoms with Gasteiger partial charge in [-0.05, 0) is 48.9 Å². The highest BCUT2D eigenvalue weighted by Gasteiger charge is 2.31. The highest BCUT2D eigenvalue weighted by Crippen LogP contribution is 2.30. The van der Waals surface area contributed by atoms with Gasteiger partial charge in [-0.1, -0.05) is 30.3 Å². The predicted octanol–water partition coefficient (Wildman–Crippen LogP) is 2.48. The monoisotopic (exact) mass is 423 g/mol. The Labute approximate surface area is 174 Å². The van der Waals surface area contributed by atoms with E-state index in [1.807, 2.05) is 23.1 Å². The standard InChI is InChI=1S/C21H21N5O3S/c27-20(25-10-4-7-16(13-25)11-15-5-2-1-3-6-15)17-8-9-18-19(12-17)30(28,29)24-21-22-14-23-26(18)21/h1-3,5-6,8-9,12,14,16H,4,7,10-11,13H2,(H,22,23,24). The zero-order valence-electron chi connectivity index (χ0n) is 16.2. The zero-order chi connectivity index (χ0) is 20.7. The second-order valence-corrected chi connectivity index (χ2v) is 9.38. The lowest BCUT2D eigenvalue weighted by Crippen LogP contribution is -2.40. The van der Waals surface area contributed by atoms with E-state index >= 15 is 0 Å². The quantitative estimate of drug-likeness (QED) is 0.698. The van der Waals surface area contributed by atoms with E-state index in [0.717, 1.165) is 19.3 Å². The van der Waals surface area contributed by atoms with Gasteiger partial charge in [-0.15, -0.1) is 0 Å². The number of anilines is 1. The summed E-state index contributed by atoms with van der Waals surface area (Å²) in [4.78, 5) is 18.9. The van der Waals surface area contributed by atoms with Crippen LogP contribution in [0.4, 0.5) is 5.95 Å². The van der Waals surface area contributed by atoms with Crippen molar-refractivity contribution < 1.29 is 13.2 Å². The molecule has 1 fully saturated rings. The van der Waals surface area contributed by atoms with E-state index in [-0.39, 0.29) is 16.8 Å². The maximum atomic E-state index is 13.2. The van der Waals surface area contributed by atoms with Gasteiger partial charge in [0.1, 0.15) is 11.2 Å². The molecule has 8 nitrogen and oxygen atoms in total. The molecule has 0 spiro atoms. The maximum Gasteiger partial charge on any atom is 0.266 e. The fraction of sp³-hybridized carbons (Fsp3) is 0.286. The first-order valence-corrected chi connectivity index (χ1v) is 11.4. The first kappa shape index (κ1) is 18.8. The number of carbonyl (C=O) groups is 1. The summed E-state index contributed by atoms with van der Waals surface area (Å²) < 4.78 is 29.1. The molecule has 1 saturated heterocycles. The van der Waals surface area contributed by atoms with Crippen molar-refractivity contribution >= 4 is 21.9 Å². The van der Waals surface area contributed by atoms with E-state index in [0.29, 0.717) is 30.3 Å². The molecule has 30 heavy (non-hydrogen) atoms. The Balaban J connectivity index is 1.39. The molecule has 1 amide bonds. The van der Waals surface area contributed by atoms with Crippen LogP contribution in [-0.2, 0) is 16.4 Å². The lowest BCUT2D eigenvalue weighted by Gasteiger charge is -2.33. The Morgan fingerprint density at radius 1 is 1.17 bits per heavy atom. The van der Waals surface area contributed by atoms with Gasteiger partial charge in [-0.3, -0.25) is 4.79 Å². The summed E-state index contributed by atoms with van der Waals surface area (Å²) in [7, 11) is -3.81. The maximum absolute atomic E-state index is 13.2. The lowest BCUT2D eigenvalue weighted by molar-refractivity contribution is 0.0673. The van der Waals surface area contributed by atoms with Crippen molar-refractivity contribution in [3.8, 4) is 5.69 Å². The van der Waals surface area contributed by atoms with Gasteiger partial charge in [0.2, 0.25) is 5.95 Å². The van der Waals surface area contributed by atoms with Crippen molar-refractivity contribution in [2.24, 2.45) is 5.92 Å². The summed E-state index contributed by atoms with van der Waals surface area (Å²) >= 11 is 0. The van der Waals surface area contributed by atoms with E-state index in [1.165, 1.54) is 22.6 Å². The third kappa shape index (κ3) is 3.35. The smallest absolute Gasteiger partial charge is 0.266 e. The highest BCUT2D eigenvalue weighted by molar-refractivity contribution is 7.93. The Kier molecular flexibility index (Phi) is 4.54. The molecule has 1 aromatic heterocycles. The van der Waals surface area contributed by atoms with E-state index < -0.39 is 10.0 Å². The zero-order valence-corrected chi connectivity index (χ0v) is 17.0. The van der Waals surface area contributed by atoms with Crippen molar-refractivity contribution in [1.82, 2.24) is 19.7 Å². The molecular formula is C21H21N5O3S. The number of amides is 1. The average Bonchev–Trinajstić information content (AvgIpc) is 3.21. The summed E-state index contributed by atoms with van der Waals surface area (Å²) in [6.07, 6.45) is 4.24. The highest BCUT2D eigenvalue weighted by atomic mass is 32.2. The second kappa shape index (κ2) is 7.24. The van der Waals surface area contributed by atoms with Crippen LogP contribution in [0.25, 0.3) is 5.69 Å². The third-order valence-electron chi connectivity index (χ3n) is 5.67. The molecule has 0 radical (unpaired) electrons. The van der Waals surface area contributed by atoms with Crippen LogP contribution < -0.4 is 4.72 Å². The van der Waals surface area contributed by atoms with Crippen molar-refractivity contribution in [2.75, 3.05) is 17.8 Å². The molecule has 1 atom stereocenters. The first-order valence-electron chi connectivity index (χ1n) is 9.92. The molecule has 2 aromatic carbocycles. The van der Waals surface area contributed by atoms with E-state index in [1.54, 1.807) is 12.1 Å². The number of likely N-dealkylation sites (tertiary alicyclic amines) is 1. The van der Waals surface area contributed by atoms with Crippen LogP contribution in [0.3, 0.4) is 0 Å². The molecule has 3 aromatic rings. The molecule has 2 aliphatic rings. The number of hydrogen-bond acceptors (Lipinski definition) is 5. The van der Waals surface area contributed by atoms with E-state index in [2.05, 4.69) is 26.9 Å². The van der Waals surface area contributed by atoms with Crippen LogP contribution >= 0.6 is 0 Å². The van der Waals surface area contributed by atoms with Crippen molar-refractivity contribution in [3.63, 3.8) is 0 Å². The molecule has 154 valence electrons. The molecule has 2 aliphatic heterocycles. The minimum absolute atomic E-state index is 0.0317. The van der Waals surface area contributed by atoms with Crippen molar-refractivity contribution in [1.29, 1.82) is 0 Å². The van der Waals surface area contributed by atoms with E-state index in [9.17, 15) is 13.2 Å². The van der Waals surface area contributed by atoms with Crippen LogP contribution in [0.5, 0.6) is 0 Å².